The van der Waals surface area contributed by atoms with E-state index in [0.29, 0.717) is 23.3 Å². The van der Waals surface area contributed by atoms with Gasteiger partial charge in [0.2, 0.25) is 5.91 Å². The Hall–Kier alpha value is -2.94. The molecule has 2 saturated heterocycles. The fraction of sp³-hybridized carbons (Fsp3) is 0.500. The quantitative estimate of drug-likeness (QED) is 0.581. The number of rotatable bonds is 5. The molecule has 2 aromatic rings. The van der Waals surface area contributed by atoms with Gasteiger partial charge in [0.15, 0.2) is 5.65 Å². The van der Waals surface area contributed by atoms with Crippen LogP contribution in [0.5, 0.6) is 0 Å². The van der Waals surface area contributed by atoms with E-state index in [-0.39, 0.29) is 18.2 Å². The van der Waals surface area contributed by atoms with Crippen LogP contribution in [0.25, 0.3) is 11.7 Å². The molecule has 29 heavy (non-hydrogen) atoms. The minimum Gasteiger partial charge on any atom is -0.381 e. The van der Waals surface area contributed by atoms with E-state index >= 15 is 0 Å². The predicted octanol–water partition coefficient (Wildman–Crippen LogP) is 1.35. The van der Waals surface area contributed by atoms with Gasteiger partial charge < -0.3 is 15.0 Å². The number of fused-ring (bicyclic) bond motifs is 1. The van der Waals surface area contributed by atoms with E-state index in [0.717, 1.165) is 56.1 Å². The molecule has 0 radical (unpaired) electrons. The Kier molecular flexibility index (Phi) is 4.46. The van der Waals surface area contributed by atoms with Crippen LogP contribution < -0.4 is 15.5 Å². The van der Waals surface area contributed by atoms with Gasteiger partial charge in [0.1, 0.15) is 11.6 Å². The summed E-state index contributed by atoms with van der Waals surface area (Å²) in [5, 5.41) is 10.3. The van der Waals surface area contributed by atoms with E-state index in [2.05, 4.69) is 27.7 Å². The van der Waals surface area contributed by atoms with Gasteiger partial charge in [-0.25, -0.2) is 4.98 Å². The average molecular weight is 396 g/mol. The number of hydrogen-bond donors (Lipinski definition) is 2. The van der Waals surface area contributed by atoms with Crippen LogP contribution >= 0.6 is 0 Å². The lowest BCUT2D eigenvalue weighted by Crippen LogP contribution is -2.37. The Morgan fingerprint density at radius 2 is 2.07 bits per heavy atom. The first-order chi connectivity index (χ1) is 14.1. The molecule has 3 aliphatic rings. The molecule has 0 aromatic carbocycles. The second-order valence-electron chi connectivity index (χ2n) is 7.93. The summed E-state index contributed by atoms with van der Waals surface area (Å²) < 4.78 is 7.27. The fourth-order valence-corrected chi connectivity index (χ4v) is 3.86. The highest BCUT2D eigenvalue weighted by molar-refractivity contribution is 6.15. The molecule has 0 atom stereocenters. The molecule has 9 nitrogen and oxygen atoms in total. The highest BCUT2D eigenvalue weighted by atomic mass is 16.5. The zero-order valence-electron chi connectivity index (χ0n) is 16.4. The fourth-order valence-electron chi connectivity index (χ4n) is 3.86. The van der Waals surface area contributed by atoms with Crippen molar-refractivity contribution in [2.24, 2.45) is 0 Å². The van der Waals surface area contributed by atoms with Crippen molar-refractivity contribution in [3.05, 3.63) is 23.4 Å². The predicted molar refractivity (Wildman–Crippen MR) is 108 cm³/mol. The van der Waals surface area contributed by atoms with Crippen molar-refractivity contribution < 1.29 is 14.3 Å². The first kappa shape index (κ1) is 18.1. The van der Waals surface area contributed by atoms with E-state index < -0.39 is 0 Å². The van der Waals surface area contributed by atoms with Gasteiger partial charge in [0.05, 0.1) is 12.6 Å². The van der Waals surface area contributed by atoms with Crippen molar-refractivity contribution in [1.29, 1.82) is 0 Å². The Labute approximate surface area is 168 Å². The summed E-state index contributed by atoms with van der Waals surface area (Å²) in [7, 11) is 2.06. The summed E-state index contributed by atoms with van der Waals surface area (Å²) in [6, 6.07) is 2.87. The van der Waals surface area contributed by atoms with E-state index in [1.54, 1.807) is 16.8 Å². The summed E-state index contributed by atoms with van der Waals surface area (Å²) in [6.45, 7) is 1.52. The average Bonchev–Trinajstić information content (AvgIpc) is 3.36. The third-order valence-corrected chi connectivity index (χ3v) is 5.74. The van der Waals surface area contributed by atoms with Crippen molar-refractivity contribution in [2.45, 2.75) is 44.2 Å². The van der Waals surface area contributed by atoms with Gasteiger partial charge in [-0.2, -0.15) is 9.61 Å². The van der Waals surface area contributed by atoms with Crippen molar-refractivity contribution in [3.8, 4) is 0 Å². The standard InChI is InChI=1S/C20H24N6O3/c1-25(15-4-6-29-7-5-15)16-10-17(22-14-2-3-14)26-19(23-16)13(11-21-26)8-12-9-18(27)24-20(12)28/h8,10-11,14-15,22H,2-7,9H2,1H3,(H,24,27,28)/b12-8+. The molecular weight excluding hydrogens is 372 g/mol. The maximum Gasteiger partial charge on any atom is 0.254 e. The molecule has 152 valence electrons. The van der Waals surface area contributed by atoms with Crippen molar-refractivity contribution >= 4 is 35.2 Å². The topological polar surface area (TPSA) is 101 Å². The Morgan fingerprint density at radius 1 is 1.28 bits per heavy atom. The summed E-state index contributed by atoms with van der Waals surface area (Å²) in [4.78, 5) is 30.6. The molecule has 2 aromatic heterocycles. The number of imide groups is 1. The summed E-state index contributed by atoms with van der Waals surface area (Å²) >= 11 is 0. The molecule has 0 bridgehead atoms. The van der Waals surface area contributed by atoms with Crippen LogP contribution in [0.2, 0.25) is 0 Å². The second-order valence-corrected chi connectivity index (χ2v) is 7.93. The molecule has 0 unspecified atom stereocenters. The molecule has 2 aliphatic heterocycles. The molecule has 0 spiro atoms. The zero-order valence-corrected chi connectivity index (χ0v) is 16.4. The van der Waals surface area contributed by atoms with Crippen LogP contribution in [0.4, 0.5) is 11.6 Å². The minimum atomic E-state index is -0.346. The monoisotopic (exact) mass is 396 g/mol. The molecule has 2 amide bonds. The normalized spacial score (nSPS) is 21.8. The van der Waals surface area contributed by atoms with E-state index in [4.69, 9.17) is 9.72 Å². The summed E-state index contributed by atoms with van der Waals surface area (Å²) in [6.07, 6.45) is 7.73. The third-order valence-electron chi connectivity index (χ3n) is 5.74. The van der Waals surface area contributed by atoms with Crippen molar-refractivity contribution in [3.63, 3.8) is 0 Å². The van der Waals surface area contributed by atoms with Crippen LogP contribution in [0.3, 0.4) is 0 Å². The van der Waals surface area contributed by atoms with Gasteiger partial charge in [0.25, 0.3) is 5.91 Å². The van der Waals surface area contributed by atoms with Crippen LogP contribution in [-0.2, 0) is 14.3 Å². The van der Waals surface area contributed by atoms with Crippen LogP contribution in [0, 0.1) is 0 Å². The number of ether oxygens (including phenoxy) is 1. The van der Waals surface area contributed by atoms with E-state index in [1.807, 2.05) is 6.07 Å². The molecular formula is C20H24N6O3. The Balaban J connectivity index is 1.56. The lowest BCUT2D eigenvalue weighted by molar-refractivity contribution is -0.124. The number of anilines is 2. The molecule has 5 rings (SSSR count). The maximum absolute atomic E-state index is 12.0. The number of nitrogens with one attached hydrogen (secondary N) is 2. The highest BCUT2D eigenvalue weighted by Gasteiger charge is 2.27. The number of amides is 2. The van der Waals surface area contributed by atoms with Crippen LogP contribution in [0.15, 0.2) is 17.8 Å². The van der Waals surface area contributed by atoms with E-state index in [9.17, 15) is 9.59 Å². The van der Waals surface area contributed by atoms with Gasteiger partial charge >= 0.3 is 0 Å². The molecule has 1 aliphatic carbocycles. The van der Waals surface area contributed by atoms with Gasteiger partial charge in [-0.3, -0.25) is 14.9 Å². The first-order valence-electron chi connectivity index (χ1n) is 10.1. The number of carbonyl (C=O) groups is 2. The second kappa shape index (κ2) is 7.14. The maximum atomic E-state index is 12.0. The molecule has 4 heterocycles. The highest BCUT2D eigenvalue weighted by Crippen LogP contribution is 2.30. The van der Waals surface area contributed by atoms with Gasteiger partial charge in [-0.1, -0.05) is 0 Å². The van der Waals surface area contributed by atoms with E-state index in [1.165, 1.54) is 0 Å². The Bertz CT molecular complexity index is 1000. The molecule has 2 N–H and O–H groups in total. The SMILES string of the molecule is CN(c1cc(NC2CC2)n2ncc(/C=C3\CC(=O)NC3=O)c2n1)C1CCOCC1. The number of hydrogen-bond acceptors (Lipinski definition) is 7. The largest absolute Gasteiger partial charge is 0.381 e. The third kappa shape index (κ3) is 3.57. The minimum absolute atomic E-state index is 0.0883. The zero-order chi connectivity index (χ0) is 20.0. The molecule has 3 fully saturated rings. The lowest BCUT2D eigenvalue weighted by atomic mass is 10.1. The van der Waals surface area contributed by atoms with Crippen LogP contribution in [-0.4, -0.2) is 58.8 Å². The lowest BCUT2D eigenvalue weighted by Gasteiger charge is -2.32. The van der Waals surface area contributed by atoms with Crippen molar-refractivity contribution in [1.82, 2.24) is 19.9 Å². The van der Waals surface area contributed by atoms with Gasteiger partial charge in [-0.15, -0.1) is 0 Å². The number of nitrogens with zero attached hydrogens (tertiary/aromatic N) is 4. The van der Waals surface area contributed by atoms with Crippen LogP contribution in [0.1, 0.15) is 37.7 Å². The molecule has 1 saturated carbocycles. The number of aromatic nitrogens is 3. The molecule has 9 heteroatoms. The number of carbonyl (C=O) groups excluding carboxylic acids is 2. The first-order valence-corrected chi connectivity index (χ1v) is 10.1. The summed E-state index contributed by atoms with van der Waals surface area (Å²) in [5.74, 6) is 1.13. The Morgan fingerprint density at radius 3 is 2.76 bits per heavy atom. The smallest absolute Gasteiger partial charge is 0.254 e. The van der Waals surface area contributed by atoms with Gasteiger partial charge in [0, 0.05) is 49.5 Å². The van der Waals surface area contributed by atoms with Gasteiger partial charge in [-0.05, 0) is 31.8 Å². The summed E-state index contributed by atoms with van der Waals surface area (Å²) in [5.41, 5.74) is 1.83. The van der Waals surface area contributed by atoms with Crippen molar-refractivity contribution in [2.75, 3.05) is 30.5 Å².